The highest BCUT2D eigenvalue weighted by Gasteiger charge is 2.33. The molecule has 1 aliphatic heterocycles. The van der Waals surface area contributed by atoms with E-state index in [2.05, 4.69) is 5.32 Å². The van der Waals surface area contributed by atoms with E-state index in [4.69, 9.17) is 0 Å². The predicted octanol–water partition coefficient (Wildman–Crippen LogP) is 4.97. The largest absolute Gasteiger partial charge is 0.324 e. The summed E-state index contributed by atoms with van der Waals surface area (Å²) in [7, 11) is 0. The number of nitrogens with zero attached hydrogens (tertiary/aromatic N) is 1. The lowest BCUT2D eigenvalue weighted by Crippen LogP contribution is -2.39. The average Bonchev–Trinajstić information content (AvgIpc) is 3.17. The van der Waals surface area contributed by atoms with Crippen molar-refractivity contribution in [1.29, 1.82) is 0 Å². The Bertz CT molecular complexity index is 904. The maximum absolute atomic E-state index is 13.6. The standard InChI is InChI=1S/C24H27FN2O2/c1-16-6-12-21-20(14-16)24(18-8-10-19(25)11-9-18)27(15-22(28)26-21)23(29)13-7-17-4-2-3-5-17/h6,8-12,14,17,24H,2-5,7,13,15H2,1H3,(H,26,28)/t24-/m1/s1. The van der Waals surface area contributed by atoms with Crippen molar-refractivity contribution in [2.45, 2.75) is 51.5 Å². The van der Waals surface area contributed by atoms with Crippen LogP contribution in [0.5, 0.6) is 0 Å². The third-order valence-corrected chi connectivity index (χ3v) is 6.15. The number of carbonyl (C=O) groups excluding carboxylic acids is 2. The van der Waals surface area contributed by atoms with Gasteiger partial charge in [0.1, 0.15) is 12.4 Å². The van der Waals surface area contributed by atoms with Crippen LogP contribution in [-0.4, -0.2) is 23.3 Å². The molecule has 2 amide bonds. The van der Waals surface area contributed by atoms with Crippen molar-refractivity contribution in [3.05, 3.63) is 65.0 Å². The monoisotopic (exact) mass is 394 g/mol. The number of nitrogens with one attached hydrogen (secondary N) is 1. The van der Waals surface area contributed by atoms with Crippen LogP contribution < -0.4 is 5.32 Å². The normalized spacial score (nSPS) is 19.6. The van der Waals surface area contributed by atoms with Crippen LogP contribution in [-0.2, 0) is 9.59 Å². The second kappa shape index (κ2) is 8.36. The maximum atomic E-state index is 13.6. The Balaban J connectivity index is 1.70. The lowest BCUT2D eigenvalue weighted by molar-refractivity contribution is -0.136. The van der Waals surface area contributed by atoms with Crippen molar-refractivity contribution in [2.24, 2.45) is 5.92 Å². The summed E-state index contributed by atoms with van der Waals surface area (Å²) in [6, 6.07) is 11.6. The Morgan fingerprint density at radius 1 is 1.14 bits per heavy atom. The van der Waals surface area contributed by atoms with Gasteiger partial charge in [-0.2, -0.15) is 0 Å². The summed E-state index contributed by atoms with van der Waals surface area (Å²) in [5.74, 6) is 0.0726. The Labute approximate surface area is 171 Å². The summed E-state index contributed by atoms with van der Waals surface area (Å²) in [5.41, 5.74) is 3.44. The van der Waals surface area contributed by atoms with Crippen LogP contribution in [0.1, 0.15) is 61.3 Å². The minimum atomic E-state index is -0.416. The summed E-state index contributed by atoms with van der Waals surface area (Å²) >= 11 is 0. The Kier molecular flexibility index (Phi) is 5.65. The van der Waals surface area contributed by atoms with Gasteiger partial charge in [-0.1, -0.05) is 55.5 Å². The molecule has 0 radical (unpaired) electrons. The molecule has 1 N–H and O–H groups in total. The molecule has 2 aromatic rings. The van der Waals surface area contributed by atoms with Crippen molar-refractivity contribution in [1.82, 2.24) is 4.90 Å². The van der Waals surface area contributed by atoms with Gasteiger partial charge in [-0.25, -0.2) is 4.39 Å². The smallest absolute Gasteiger partial charge is 0.244 e. The van der Waals surface area contributed by atoms with Gasteiger partial charge < -0.3 is 10.2 Å². The average molecular weight is 394 g/mol. The fourth-order valence-electron chi connectivity index (χ4n) is 4.63. The summed E-state index contributed by atoms with van der Waals surface area (Å²) in [6.07, 6.45) is 6.19. The molecule has 1 fully saturated rings. The van der Waals surface area contributed by atoms with E-state index in [9.17, 15) is 14.0 Å². The molecule has 29 heavy (non-hydrogen) atoms. The second-order valence-corrected chi connectivity index (χ2v) is 8.30. The third kappa shape index (κ3) is 4.34. The summed E-state index contributed by atoms with van der Waals surface area (Å²) in [5, 5.41) is 2.94. The van der Waals surface area contributed by atoms with E-state index in [1.165, 1.54) is 37.8 Å². The molecule has 5 heteroatoms. The number of hydrogen-bond donors (Lipinski definition) is 1. The first-order valence-corrected chi connectivity index (χ1v) is 10.5. The minimum Gasteiger partial charge on any atom is -0.324 e. The zero-order valence-corrected chi connectivity index (χ0v) is 16.8. The van der Waals surface area contributed by atoms with Crippen molar-refractivity contribution < 1.29 is 14.0 Å². The van der Waals surface area contributed by atoms with E-state index >= 15 is 0 Å². The molecule has 4 rings (SSSR count). The number of aryl methyl sites for hydroxylation is 1. The molecule has 1 atom stereocenters. The fraction of sp³-hybridized carbons (Fsp3) is 0.417. The Morgan fingerprint density at radius 2 is 1.86 bits per heavy atom. The number of anilines is 1. The van der Waals surface area contributed by atoms with Gasteiger partial charge in [0.15, 0.2) is 0 Å². The van der Waals surface area contributed by atoms with Gasteiger partial charge in [-0.3, -0.25) is 9.59 Å². The van der Waals surface area contributed by atoms with E-state index in [-0.39, 0.29) is 24.2 Å². The Hall–Kier alpha value is -2.69. The van der Waals surface area contributed by atoms with Gasteiger partial charge in [-0.05, 0) is 43.0 Å². The molecule has 2 aliphatic rings. The van der Waals surface area contributed by atoms with Crippen molar-refractivity contribution in [2.75, 3.05) is 11.9 Å². The number of rotatable bonds is 4. The van der Waals surface area contributed by atoms with Gasteiger partial charge >= 0.3 is 0 Å². The third-order valence-electron chi connectivity index (χ3n) is 6.15. The van der Waals surface area contributed by atoms with Crippen molar-refractivity contribution >= 4 is 17.5 Å². The number of halogens is 1. The van der Waals surface area contributed by atoms with Crippen LogP contribution in [0.15, 0.2) is 42.5 Å². The quantitative estimate of drug-likeness (QED) is 0.796. The van der Waals surface area contributed by atoms with Gasteiger partial charge in [-0.15, -0.1) is 0 Å². The van der Waals surface area contributed by atoms with Crippen LogP contribution in [0.4, 0.5) is 10.1 Å². The lowest BCUT2D eigenvalue weighted by atomic mass is 9.93. The maximum Gasteiger partial charge on any atom is 0.244 e. The van der Waals surface area contributed by atoms with Gasteiger partial charge in [0.05, 0.1) is 6.04 Å². The molecular weight excluding hydrogens is 367 g/mol. The summed E-state index contributed by atoms with van der Waals surface area (Å²) < 4.78 is 13.6. The number of fused-ring (bicyclic) bond motifs is 1. The van der Waals surface area contributed by atoms with Crippen LogP contribution in [0.25, 0.3) is 0 Å². The van der Waals surface area contributed by atoms with E-state index in [1.807, 2.05) is 25.1 Å². The first-order valence-electron chi connectivity index (χ1n) is 10.5. The molecule has 1 aliphatic carbocycles. The lowest BCUT2D eigenvalue weighted by Gasteiger charge is -2.31. The molecule has 0 aromatic heterocycles. The second-order valence-electron chi connectivity index (χ2n) is 8.30. The molecule has 1 heterocycles. The highest BCUT2D eigenvalue weighted by Crippen LogP contribution is 2.37. The molecular formula is C24H27FN2O2. The first kappa shape index (κ1) is 19.6. The van der Waals surface area contributed by atoms with Crippen LogP contribution in [0.2, 0.25) is 0 Å². The SMILES string of the molecule is Cc1ccc2c(c1)[C@@H](c1ccc(F)cc1)N(C(=O)CCC1CCCC1)CC(=O)N2. The molecule has 4 nitrogen and oxygen atoms in total. The molecule has 0 bridgehead atoms. The van der Waals surface area contributed by atoms with Crippen molar-refractivity contribution in [3.8, 4) is 0 Å². The van der Waals surface area contributed by atoms with E-state index in [1.54, 1.807) is 17.0 Å². The van der Waals surface area contributed by atoms with E-state index in [0.717, 1.165) is 23.1 Å². The van der Waals surface area contributed by atoms with Gasteiger partial charge in [0, 0.05) is 17.7 Å². The van der Waals surface area contributed by atoms with Gasteiger partial charge in [0.25, 0.3) is 0 Å². The number of carbonyl (C=O) groups is 2. The summed E-state index contributed by atoms with van der Waals surface area (Å²) in [4.78, 5) is 27.5. The zero-order valence-electron chi connectivity index (χ0n) is 16.8. The molecule has 0 spiro atoms. The number of amides is 2. The van der Waals surface area contributed by atoms with Crippen LogP contribution in [0, 0.1) is 18.7 Å². The Morgan fingerprint density at radius 3 is 2.59 bits per heavy atom. The fourth-order valence-corrected chi connectivity index (χ4v) is 4.63. The minimum absolute atomic E-state index is 0.000723. The molecule has 2 aromatic carbocycles. The predicted molar refractivity (Wildman–Crippen MR) is 111 cm³/mol. The molecule has 1 saturated carbocycles. The molecule has 152 valence electrons. The first-order chi connectivity index (χ1) is 14.0. The topological polar surface area (TPSA) is 49.4 Å². The van der Waals surface area contributed by atoms with Crippen LogP contribution in [0.3, 0.4) is 0 Å². The van der Waals surface area contributed by atoms with Crippen molar-refractivity contribution in [3.63, 3.8) is 0 Å². The summed E-state index contributed by atoms with van der Waals surface area (Å²) in [6.45, 7) is 1.99. The van der Waals surface area contributed by atoms with Crippen LogP contribution >= 0.6 is 0 Å². The van der Waals surface area contributed by atoms with Gasteiger partial charge in [0.2, 0.25) is 11.8 Å². The molecule has 0 unspecified atom stereocenters. The zero-order chi connectivity index (χ0) is 20.4. The highest BCUT2D eigenvalue weighted by atomic mass is 19.1. The molecule has 0 saturated heterocycles. The number of benzene rings is 2. The number of hydrogen-bond acceptors (Lipinski definition) is 2. The highest BCUT2D eigenvalue weighted by molar-refractivity contribution is 5.97. The van der Waals surface area contributed by atoms with E-state index < -0.39 is 6.04 Å². The van der Waals surface area contributed by atoms with E-state index in [0.29, 0.717) is 18.0 Å².